The van der Waals surface area contributed by atoms with Crippen molar-refractivity contribution < 1.29 is 0 Å². The third-order valence-corrected chi connectivity index (χ3v) is 4.20. The Bertz CT molecular complexity index is 1040. The fraction of sp³-hybridized carbons (Fsp3) is 0.0556. The highest BCUT2D eigenvalue weighted by atomic mass is 35.5. The van der Waals surface area contributed by atoms with Crippen LogP contribution in [0.2, 0.25) is 5.02 Å². The number of nitrogens with zero attached hydrogens (tertiary/aromatic N) is 3. The summed E-state index contributed by atoms with van der Waals surface area (Å²) >= 11 is 6.40. The molecule has 5 nitrogen and oxygen atoms in total. The number of anilines is 1. The number of nitrogens with one attached hydrogen (secondary N) is 1. The van der Waals surface area contributed by atoms with Gasteiger partial charge in [-0.15, -0.1) is 0 Å². The number of benzene rings is 2. The van der Waals surface area contributed by atoms with E-state index in [2.05, 4.69) is 20.2 Å². The van der Waals surface area contributed by atoms with Gasteiger partial charge in [0, 0.05) is 22.2 Å². The zero-order valence-electron chi connectivity index (χ0n) is 12.9. The smallest absolute Gasteiger partial charge is 0.142 e. The monoisotopic (exact) mass is 335 g/mol. The highest BCUT2D eigenvalue weighted by Crippen LogP contribution is 2.34. The normalized spacial score (nSPS) is 11.1. The SMILES string of the molecule is Cc1[nH]nc2c(Cl)cc(-c3ncc(N)nc3-c3ccccc3)cc12. The second kappa shape index (κ2) is 5.62. The Kier molecular flexibility index (Phi) is 3.43. The molecule has 4 aromatic rings. The lowest BCUT2D eigenvalue weighted by Gasteiger charge is -2.10. The summed E-state index contributed by atoms with van der Waals surface area (Å²) in [6.07, 6.45) is 1.56. The minimum atomic E-state index is 0.379. The van der Waals surface area contributed by atoms with E-state index in [0.29, 0.717) is 10.8 Å². The maximum absolute atomic E-state index is 6.40. The van der Waals surface area contributed by atoms with Crippen LogP contribution < -0.4 is 5.73 Å². The van der Waals surface area contributed by atoms with E-state index in [4.69, 9.17) is 17.3 Å². The Morgan fingerprint density at radius 3 is 2.62 bits per heavy atom. The fourth-order valence-corrected chi connectivity index (χ4v) is 3.01. The Balaban J connectivity index is 1.99. The Morgan fingerprint density at radius 1 is 1.04 bits per heavy atom. The summed E-state index contributed by atoms with van der Waals surface area (Å²) in [4.78, 5) is 9.00. The minimum absolute atomic E-state index is 0.379. The summed E-state index contributed by atoms with van der Waals surface area (Å²) in [5, 5.41) is 8.74. The molecule has 0 fully saturated rings. The molecule has 0 aliphatic heterocycles. The zero-order chi connectivity index (χ0) is 16.7. The van der Waals surface area contributed by atoms with Crippen LogP contribution in [-0.2, 0) is 0 Å². The van der Waals surface area contributed by atoms with Gasteiger partial charge in [0.05, 0.1) is 22.6 Å². The molecule has 0 aliphatic carbocycles. The first-order valence-electron chi connectivity index (χ1n) is 7.46. The molecule has 24 heavy (non-hydrogen) atoms. The molecule has 6 heteroatoms. The molecule has 3 N–H and O–H groups in total. The van der Waals surface area contributed by atoms with Gasteiger partial charge in [0.1, 0.15) is 11.3 Å². The first-order chi connectivity index (χ1) is 11.6. The quantitative estimate of drug-likeness (QED) is 0.574. The van der Waals surface area contributed by atoms with Crippen molar-refractivity contribution in [3.05, 3.63) is 59.4 Å². The van der Waals surface area contributed by atoms with E-state index in [1.807, 2.05) is 49.4 Å². The molecule has 0 radical (unpaired) electrons. The van der Waals surface area contributed by atoms with E-state index in [9.17, 15) is 0 Å². The van der Waals surface area contributed by atoms with Gasteiger partial charge < -0.3 is 5.73 Å². The molecule has 2 aromatic heterocycles. The van der Waals surface area contributed by atoms with Crippen LogP contribution in [-0.4, -0.2) is 20.2 Å². The van der Waals surface area contributed by atoms with Crippen LogP contribution >= 0.6 is 11.6 Å². The van der Waals surface area contributed by atoms with Gasteiger partial charge in [-0.2, -0.15) is 5.10 Å². The first-order valence-corrected chi connectivity index (χ1v) is 7.84. The summed E-state index contributed by atoms with van der Waals surface area (Å²) < 4.78 is 0. The second-order valence-corrected chi connectivity index (χ2v) is 5.97. The summed E-state index contributed by atoms with van der Waals surface area (Å²) in [7, 11) is 0. The molecule has 0 saturated heterocycles. The summed E-state index contributed by atoms with van der Waals surface area (Å²) in [6.45, 7) is 1.96. The van der Waals surface area contributed by atoms with Gasteiger partial charge >= 0.3 is 0 Å². The number of aromatic amines is 1. The first kappa shape index (κ1) is 14.7. The Morgan fingerprint density at radius 2 is 1.83 bits per heavy atom. The number of hydrogen-bond donors (Lipinski definition) is 2. The number of fused-ring (bicyclic) bond motifs is 1. The second-order valence-electron chi connectivity index (χ2n) is 5.56. The average Bonchev–Trinajstić information content (AvgIpc) is 2.97. The largest absolute Gasteiger partial charge is 0.382 e. The van der Waals surface area contributed by atoms with Crippen molar-refractivity contribution >= 4 is 28.3 Å². The maximum atomic E-state index is 6.40. The van der Waals surface area contributed by atoms with Crippen molar-refractivity contribution in [2.45, 2.75) is 6.92 Å². The maximum Gasteiger partial charge on any atom is 0.142 e. The van der Waals surface area contributed by atoms with Gasteiger partial charge in [0.25, 0.3) is 0 Å². The standard InChI is InChI=1S/C18H14ClN5/c1-10-13-7-12(8-14(19)18(13)24-23-10)16-17(22-15(20)9-21-16)11-5-3-2-4-6-11/h2-9H,1H3,(H2,20,22)(H,23,24). The molecule has 2 aromatic carbocycles. The molecule has 0 bridgehead atoms. The van der Waals surface area contributed by atoms with Gasteiger partial charge in [-0.05, 0) is 19.1 Å². The zero-order valence-corrected chi connectivity index (χ0v) is 13.7. The van der Waals surface area contributed by atoms with Crippen molar-refractivity contribution in [1.82, 2.24) is 20.2 Å². The minimum Gasteiger partial charge on any atom is -0.382 e. The number of nitrogen functional groups attached to an aromatic ring is 1. The highest BCUT2D eigenvalue weighted by Gasteiger charge is 2.15. The molecule has 0 saturated carbocycles. The number of rotatable bonds is 2. The summed E-state index contributed by atoms with van der Waals surface area (Å²) in [6, 6.07) is 13.7. The lowest BCUT2D eigenvalue weighted by Crippen LogP contribution is -1.98. The molecule has 118 valence electrons. The van der Waals surface area contributed by atoms with Gasteiger partial charge in [0.2, 0.25) is 0 Å². The van der Waals surface area contributed by atoms with Gasteiger partial charge in [0.15, 0.2) is 0 Å². The molecule has 4 rings (SSSR count). The predicted octanol–water partition coefficient (Wildman–Crippen LogP) is 4.23. The Labute approximate surface area is 143 Å². The number of aromatic nitrogens is 4. The van der Waals surface area contributed by atoms with Crippen LogP contribution in [0.3, 0.4) is 0 Å². The van der Waals surface area contributed by atoms with Crippen molar-refractivity contribution in [2.75, 3.05) is 5.73 Å². The fourth-order valence-electron chi connectivity index (χ4n) is 2.75. The lowest BCUT2D eigenvalue weighted by atomic mass is 10.0. The van der Waals surface area contributed by atoms with Crippen LogP contribution in [0.15, 0.2) is 48.7 Å². The molecule has 0 unspecified atom stereocenters. The van der Waals surface area contributed by atoms with Crippen molar-refractivity contribution in [2.24, 2.45) is 0 Å². The third-order valence-electron chi connectivity index (χ3n) is 3.91. The van der Waals surface area contributed by atoms with E-state index in [-0.39, 0.29) is 0 Å². The number of H-pyrrole nitrogens is 1. The van der Waals surface area contributed by atoms with Crippen LogP contribution in [0.1, 0.15) is 5.69 Å². The average molecular weight is 336 g/mol. The van der Waals surface area contributed by atoms with E-state index < -0.39 is 0 Å². The lowest BCUT2D eigenvalue weighted by molar-refractivity contribution is 1.07. The number of nitrogens with two attached hydrogens (primary N) is 1. The van der Waals surface area contributed by atoms with Crippen molar-refractivity contribution in [1.29, 1.82) is 0 Å². The van der Waals surface area contributed by atoms with Crippen LogP contribution in [0.25, 0.3) is 33.4 Å². The van der Waals surface area contributed by atoms with Crippen LogP contribution in [0.5, 0.6) is 0 Å². The van der Waals surface area contributed by atoms with E-state index in [1.165, 1.54) is 0 Å². The van der Waals surface area contributed by atoms with Gasteiger partial charge in [-0.3, -0.25) is 10.1 Å². The summed E-state index contributed by atoms with van der Waals surface area (Å²) in [5.74, 6) is 0.379. The van der Waals surface area contributed by atoms with Gasteiger partial charge in [-0.25, -0.2) is 4.98 Å². The van der Waals surface area contributed by atoms with Crippen molar-refractivity contribution in [3.63, 3.8) is 0 Å². The van der Waals surface area contributed by atoms with E-state index in [0.717, 1.165) is 39.1 Å². The molecule has 0 amide bonds. The predicted molar refractivity (Wildman–Crippen MR) is 96.7 cm³/mol. The molecular formula is C18H14ClN5. The van der Waals surface area contributed by atoms with E-state index >= 15 is 0 Å². The van der Waals surface area contributed by atoms with Crippen molar-refractivity contribution in [3.8, 4) is 22.5 Å². The van der Waals surface area contributed by atoms with E-state index in [1.54, 1.807) is 6.20 Å². The molecule has 0 atom stereocenters. The van der Waals surface area contributed by atoms with Gasteiger partial charge in [-0.1, -0.05) is 41.9 Å². The van der Waals surface area contributed by atoms with Crippen LogP contribution in [0, 0.1) is 6.92 Å². The molecule has 0 spiro atoms. The van der Waals surface area contributed by atoms with Crippen LogP contribution in [0.4, 0.5) is 5.82 Å². The highest BCUT2D eigenvalue weighted by molar-refractivity contribution is 6.35. The number of halogens is 1. The molecular weight excluding hydrogens is 322 g/mol. The third kappa shape index (κ3) is 2.39. The number of aryl methyl sites for hydroxylation is 1. The molecule has 0 aliphatic rings. The Hall–Kier alpha value is -2.92. The summed E-state index contributed by atoms with van der Waals surface area (Å²) in [5.41, 5.74) is 10.9. The molecule has 2 heterocycles. The topological polar surface area (TPSA) is 80.5 Å². The number of hydrogen-bond acceptors (Lipinski definition) is 4.